The second kappa shape index (κ2) is 4.87. The first-order valence-corrected chi connectivity index (χ1v) is 5.49. The Morgan fingerprint density at radius 2 is 2.33 bits per heavy atom. The van der Waals surface area contributed by atoms with E-state index in [0.29, 0.717) is 5.76 Å². The molecule has 0 fully saturated rings. The fraction of sp³-hybridized carbons (Fsp3) is 0.250. The number of hydrogen-bond acceptors (Lipinski definition) is 5. The summed E-state index contributed by atoms with van der Waals surface area (Å²) in [5.41, 5.74) is 0.714. The van der Waals surface area contributed by atoms with Crippen molar-refractivity contribution < 1.29 is 9.34 Å². The Bertz CT molecular complexity index is 552. The van der Waals surface area contributed by atoms with Gasteiger partial charge in [0.1, 0.15) is 5.76 Å². The molecule has 0 radical (unpaired) electrons. The number of furan rings is 1. The van der Waals surface area contributed by atoms with Crippen molar-refractivity contribution in [2.45, 2.75) is 19.9 Å². The van der Waals surface area contributed by atoms with Gasteiger partial charge in [-0.2, -0.15) is 0 Å². The van der Waals surface area contributed by atoms with Gasteiger partial charge in [0.15, 0.2) is 0 Å². The van der Waals surface area contributed by atoms with E-state index in [2.05, 4.69) is 10.3 Å². The molecule has 6 heteroatoms. The zero-order valence-electron chi connectivity index (χ0n) is 10.1. The lowest BCUT2D eigenvalue weighted by atomic mass is 10.2. The topological polar surface area (TPSA) is 81.2 Å². The molecule has 0 bridgehead atoms. The van der Waals surface area contributed by atoms with Crippen molar-refractivity contribution in [2.24, 2.45) is 0 Å². The van der Waals surface area contributed by atoms with Crippen LogP contribution in [0.4, 0.5) is 11.5 Å². The van der Waals surface area contributed by atoms with Crippen molar-refractivity contribution in [3.63, 3.8) is 0 Å². The third kappa shape index (κ3) is 2.48. The van der Waals surface area contributed by atoms with E-state index in [4.69, 9.17) is 4.42 Å². The van der Waals surface area contributed by atoms with Gasteiger partial charge in [-0.3, -0.25) is 10.1 Å². The zero-order valence-corrected chi connectivity index (χ0v) is 10.1. The highest BCUT2D eigenvalue weighted by Crippen LogP contribution is 2.26. The minimum atomic E-state index is -0.447. The van der Waals surface area contributed by atoms with Crippen LogP contribution < -0.4 is 5.32 Å². The van der Waals surface area contributed by atoms with Crippen LogP contribution in [0.1, 0.15) is 24.3 Å². The number of nitro groups is 1. The predicted octanol–water partition coefficient (Wildman–Crippen LogP) is 3.06. The summed E-state index contributed by atoms with van der Waals surface area (Å²) in [5.74, 6) is 0.946. The second-order valence-corrected chi connectivity index (χ2v) is 4.02. The minimum Gasteiger partial charge on any atom is -0.467 e. The van der Waals surface area contributed by atoms with E-state index < -0.39 is 4.92 Å². The van der Waals surface area contributed by atoms with Gasteiger partial charge < -0.3 is 9.73 Å². The summed E-state index contributed by atoms with van der Waals surface area (Å²) in [5, 5.41) is 13.9. The number of aromatic nitrogens is 1. The van der Waals surface area contributed by atoms with Gasteiger partial charge in [-0.1, -0.05) is 0 Å². The van der Waals surface area contributed by atoms with Crippen molar-refractivity contribution in [3.05, 3.63) is 52.1 Å². The summed E-state index contributed by atoms with van der Waals surface area (Å²) in [6.07, 6.45) is 3.15. The molecule has 2 rings (SSSR count). The summed E-state index contributed by atoms with van der Waals surface area (Å²) < 4.78 is 5.23. The average molecular weight is 247 g/mol. The molecule has 0 aromatic carbocycles. The number of aryl methyl sites for hydroxylation is 1. The molecule has 0 aliphatic rings. The van der Waals surface area contributed by atoms with Gasteiger partial charge >= 0.3 is 5.69 Å². The Morgan fingerprint density at radius 3 is 2.94 bits per heavy atom. The summed E-state index contributed by atoms with van der Waals surface area (Å²) >= 11 is 0. The van der Waals surface area contributed by atoms with Gasteiger partial charge in [0.2, 0.25) is 5.82 Å². The summed E-state index contributed by atoms with van der Waals surface area (Å²) in [6, 6.07) is 4.88. The van der Waals surface area contributed by atoms with Crippen LogP contribution in [0, 0.1) is 17.0 Å². The number of pyridine rings is 1. The van der Waals surface area contributed by atoms with Crippen LogP contribution >= 0.6 is 0 Å². The number of rotatable bonds is 4. The van der Waals surface area contributed by atoms with Crippen molar-refractivity contribution in [1.29, 1.82) is 0 Å². The first-order chi connectivity index (χ1) is 8.58. The van der Waals surface area contributed by atoms with Crippen molar-refractivity contribution in [3.8, 4) is 0 Å². The van der Waals surface area contributed by atoms with Crippen LogP contribution in [-0.4, -0.2) is 9.91 Å². The minimum absolute atomic E-state index is 0.0339. The molecule has 0 saturated carbocycles. The molecule has 0 spiro atoms. The third-order valence-electron chi connectivity index (χ3n) is 2.52. The van der Waals surface area contributed by atoms with Crippen molar-refractivity contribution >= 4 is 11.5 Å². The van der Waals surface area contributed by atoms with Crippen molar-refractivity contribution in [2.75, 3.05) is 5.32 Å². The zero-order chi connectivity index (χ0) is 13.1. The van der Waals surface area contributed by atoms with Crippen LogP contribution in [0.2, 0.25) is 0 Å². The van der Waals surface area contributed by atoms with E-state index in [9.17, 15) is 10.1 Å². The molecular weight excluding hydrogens is 234 g/mol. The van der Waals surface area contributed by atoms with Gasteiger partial charge in [0.25, 0.3) is 0 Å². The standard InChI is InChI=1S/C12H13N3O3/c1-8-6-10(15(16)17)12(13-7-8)14-9(2)11-4-3-5-18-11/h3-7,9H,1-2H3,(H,13,14). The van der Waals surface area contributed by atoms with Crippen LogP contribution in [-0.2, 0) is 0 Å². The smallest absolute Gasteiger partial charge is 0.311 e. The van der Waals surface area contributed by atoms with Crippen LogP contribution in [0.15, 0.2) is 35.1 Å². The fourth-order valence-corrected chi connectivity index (χ4v) is 1.62. The lowest BCUT2D eigenvalue weighted by molar-refractivity contribution is -0.384. The van der Waals surface area contributed by atoms with Gasteiger partial charge in [0.05, 0.1) is 17.2 Å². The third-order valence-corrected chi connectivity index (χ3v) is 2.52. The maximum Gasteiger partial charge on any atom is 0.311 e. The lowest BCUT2D eigenvalue weighted by Crippen LogP contribution is -2.09. The second-order valence-electron chi connectivity index (χ2n) is 4.02. The first kappa shape index (κ1) is 12.1. The maximum absolute atomic E-state index is 10.9. The first-order valence-electron chi connectivity index (χ1n) is 5.49. The molecule has 18 heavy (non-hydrogen) atoms. The van der Waals surface area contributed by atoms with E-state index in [0.717, 1.165) is 5.56 Å². The molecule has 1 atom stereocenters. The molecule has 2 aromatic heterocycles. The Labute approximate surface area is 104 Å². The molecule has 1 unspecified atom stereocenters. The van der Waals surface area contributed by atoms with E-state index in [1.54, 1.807) is 31.5 Å². The number of anilines is 1. The highest BCUT2D eigenvalue weighted by Gasteiger charge is 2.18. The number of nitrogens with zero attached hydrogens (tertiary/aromatic N) is 2. The predicted molar refractivity (Wildman–Crippen MR) is 66.4 cm³/mol. The molecule has 2 heterocycles. The van der Waals surface area contributed by atoms with Gasteiger partial charge in [-0.15, -0.1) is 0 Å². The number of hydrogen-bond donors (Lipinski definition) is 1. The SMILES string of the molecule is Cc1cnc(NC(C)c2ccco2)c([N+](=O)[O-])c1. The summed E-state index contributed by atoms with van der Waals surface area (Å²) in [7, 11) is 0. The van der Waals surface area contributed by atoms with Gasteiger partial charge in [-0.25, -0.2) is 4.98 Å². The highest BCUT2D eigenvalue weighted by molar-refractivity contribution is 5.57. The fourth-order valence-electron chi connectivity index (χ4n) is 1.62. The molecule has 6 nitrogen and oxygen atoms in total. The molecule has 0 aliphatic heterocycles. The monoisotopic (exact) mass is 247 g/mol. The molecule has 1 N–H and O–H groups in total. The molecule has 94 valence electrons. The Balaban J connectivity index is 2.26. The quantitative estimate of drug-likeness (QED) is 0.663. The molecule has 0 aliphatic carbocycles. The molecular formula is C12H13N3O3. The normalized spacial score (nSPS) is 12.1. The van der Waals surface area contributed by atoms with Crippen LogP contribution in [0.5, 0.6) is 0 Å². The van der Waals surface area contributed by atoms with Gasteiger partial charge in [0, 0.05) is 12.3 Å². The Kier molecular flexibility index (Phi) is 3.27. The van der Waals surface area contributed by atoms with Crippen LogP contribution in [0.25, 0.3) is 0 Å². The van der Waals surface area contributed by atoms with E-state index in [-0.39, 0.29) is 17.5 Å². The summed E-state index contributed by atoms with van der Waals surface area (Å²) in [4.78, 5) is 14.6. The van der Waals surface area contributed by atoms with Crippen molar-refractivity contribution in [1.82, 2.24) is 4.98 Å². The highest BCUT2D eigenvalue weighted by atomic mass is 16.6. The Morgan fingerprint density at radius 1 is 1.56 bits per heavy atom. The van der Waals surface area contributed by atoms with Crippen LogP contribution in [0.3, 0.4) is 0 Å². The lowest BCUT2D eigenvalue weighted by Gasteiger charge is -2.12. The largest absolute Gasteiger partial charge is 0.467 e. The average Bonchev–Trinajstić information content (AvgIpc) is 2.84. The summed E-state index contributed by atoms with van der Waals surface area (Å²) in [6.45, 7) is 3.61. The Hall–Kier alpha value is -2.37. The maximum atomic E-state index is 10.9. The molecule has 0 amide bonds. The molecule has 0 saturated heterocycles. The van der Waals surface area contributed by atoms with Gasteiger partial charge in [-0.05, 0) is 31.5 Å². The van der Waals surface area contributed by atoms with E-state index in [1.807, 2.05) is 6.92 Å². The molecule has 2 aromatic rings. The van der Waals surface area contributed by atoms with E-state index >= 15 is 0 Å². The van der Waals surface area contributed by atoms with E-state index in [1.165, 1.54) is 6.07 Å². The number of nitrogens with one attached hydrogen (secondary N) is 1.